The maximum absolute atomic E-state index is 14.8. The molecule has 3 aliphatic heterocycles. The van der Waals surface area contributed by atoms with E-state index in [1.165, 1.54) is 0 Å². The van der Waals surface area contributed by atoms with E-state index in [-0.39, 0.29) is 37.3 Å². The van der Waals surface area contributed by atoms with E-state index in [0.29, 0.717) is 26.1 Å². The van der Waals surface area contributed by atoms with Crippen molar-refractivity contribution >= 4 is 37.4 Å². The summed E-state index contributed by atoms with van der Waals surface area (Å²) in [4.78, 5) is 58.4. The predicted octanol–water partition coefficient (Wildman–Crippen LogP) is 5.74. The lowest BCUT2D eigenvalue weighted by Crippen LogP contribution is -2.46. The van der Waals surface area contributed by atoms with Gasteiger partial charge in [-0.25, -0.2) is 0 Å². The van der Waals surface area contributed by atoms with Gasteiger partial charge in [0.25, 0.3) is 5.91 Å². The second-order valence-electron chi connectivity index (χ2n) is 14.4. The van der Waals surface area contributed by atoms with E-state index in [9.17, 15) is 24.3 Å². The molecule has 3 amide bonds. The van der Waals surface area contributed by atoms with E-state index < -0.39 is 31.5 Å². The van der Waals surface area contributed by atoms with Crippen molar-refractivity contribution in [2.45, 2.75) is 88.9 Å². The van der Waals surface area contributed by atoms with Gasteiger partial charge in [-0.15, -0.1) is 0 Å². The number of aliphatic hydroxyl groups excluding tert-OH is 1. The Hall–Kier alpha value is -3.83. The summed E-state index contributed by atoms with van der Waals surface area (Å²) < 4.78 is 6.88. The fourth-order valence-corrected chi connectivity index (χ4v) is 10.9. The first-order valence-corrected chi connectivity index (χ1v) is 20.7. The number of carbonyl (C=O) groups excluding carboxylic acids is 3. The minimum Gasteiger partial charge on any atom is -0.432 e. The van der Waals surface area contributed by atoms with E-state index in [1.807, 2.05) is 104 Å². The number of carbonyl (C=O) groups is 3. The Labute approximate surface area is 290 Å². The first-order chi connectivity index (χ1) is 23.5. The summed E-state index contributed by atoms with van der Waals surface area (Å²) in [6.45, 7) is 7.05. The largest absolute Gasteiger partial charge is 0.432 e. The Bertz CT molecular complexity index is 1640. The summed E-state index contributed by atoms with van der Waals surface area (Å²) in [6.07, 6.45) is 4.01. The van der Waals surface area contributed by atoms with Crippen LogP contribution in [0.1, 0.15) is 62.1 Å². The Balaban J connectivity index is 1.26. The van der Waals surface area contributed by atoms with Crippen LogP contribution in [0.4, 0.5) is 11.4 Å². The average Bonchev–Trinajstić information content (AvgIpc) is 3.50. The maximum atomic E-state index is 14.8. The fraction of sp³-hybridized carbons (Fsp3) is 0.462. The number of benzene rings is 3. The summed E-state index contributed by atoms with van der Waals surface area (Å²) in [5.74, 6) is -0.622. The van der Waals surface area contributed by atoms with Crippen molar-refractivity contribution in [3.05, 3.63) is 95.6 Å². The Morgan fingerprint density at radius 1 is 0.939 bits per heavy atom. The van der Waals surface area contributed by atoms with Crippen LogP contribution < -0.4 is 9.80 Å². The Morgan fingerprint density at radius 2 is 1.63 bits per heavy atom. The van der Waals surface area contributed by atoms with Gasteiger partial charge in [0.2, 0.25) is 11.8 Å². The lowest BCUT2D eigenvalue weighted by atomic mass is 9.82. The van der Waals surface area contributed by atoms with Crippen LogP contribution in [0.2, 0.25) is 18.6 Å². The Kier molecular flexibility index (Phi) is 10.4. The zero-order valence-electron chi connectivity index (χ0n) is 28.9. The molecule has 260 valence electrons. The molecular weight excluding hydrogens is 635 g/mol. The standard InChI is InChI=1S/C39H49N3O6Si/c1-28-37(49(2,3)47)34(25-36(45)40(23-24-43)26-29-13-7-6-8-14-29)48-39(28)32-15-10-11-16-33(32)42(38(39)46)27-30-18-20-31(21-19-30)41-22-12-5-4-9-17-35(41)44/h6-8,10-11,13-16,18-21,28,34,37,43,47H,4-5,9,12,17,22-27H2,1-3H3/t28-,34+,37-,39+/m0/s1. The van der Waals surface area contributed by atoms with Crippen molar-refractivity contribution in [3.63, 3.8) is 0 Å². The third-order valence-corrected chi connectivity index (χ3v) is 13.1. The third kappa shape index (κ3) is 6.97. The number of hydrogen-bond donors (Lipinski definition) is 2. The van der Waals surface area contributed by atoms with Crippen LogP contribution in [-0.4, -0.2) is 66.6 Å². The lowest BCUT2D eigenvalue weighted by Gasteiger charge is -2.32. The molecule has 0 aliphatic carbocycles. The van der Waals surface area contributed by atoms with Gasteiger partial charge in [-0.1, -0.05) is 80.4 Å². The molecule has 2 N–H and O–H groups in total. The molecule has 3 aromatic carbocycles. The van der Waals surface area contributed by atoms with E-state index in [4.69, 9.17) is 4.74 Å². The summed E-state index contributed by atoms with van der Waals surface area (Å²) in [6, 6.07) is 25.2. The number of aliphatic hydroxyl groups is 1. The highest BCUT2D eigenvalue weighted by Crippen LogP contribution is 2.59. The quantitative estimate of drug-likeness (QED) is 0.264. The lowest BCUT2D eigenvalue weighted by molar-refractivity contribution is -0.150. The van der Waals surface area contributed by atoms with E-state index in [0.717, 1.165) is 53.7 Å². The first-order valence-electron chi connectivity index (χ1n) is 17.7. The van der Waals surface area contributed by atoms with Gasteiger partial charge in [0, 0.05) is 48.8 Å². The molecule has 9 nitrogen and oxygen atoms in total. The summed E-state index contributed by atoms with van der Waals surface area (Å²) >= 11 is 0. The van der Waals surface area contributed by atoms with Gasteiger partial charge in [-0.3, -0.25) is 14.4 Å². The topological polar surface area (TPSA) is 111 Å². The summed E-state index contributed by atoms with van der Waals surface area (Å²) in [5.41, 5.74) is 2.53. The number of amides is 3. The molecule has 0 unspecified atom stereocenters. The molecule has 6 rings (SSSR count). The van der Waals surface area contributed by atoms with Gasteiger partial charge < -0.3 is 29.3 Å². The van der Waals surface area contributed by atoms with Gasteiger partial charge in [0.15, 0.2) is 13.9 Å². The minimum absolute atomic E-state index is 0.00723. The summed E-state index contributed by atoms with van der Waals surface area (Å²) in [5, 5.41) is 9.80. The maximum Gasteiger partial charge on any atom is 0.264 e. The smallest absolute Gasteiger partial charge is 0.264 e. The molecule has 3 heterocycles. The van der Waals surface area contributed by atoms with Crippen LogP contribution in [0.25, 0.3) is 0 Å². The highest BCUT2D eigenvalue weighted by atomic mass is 28.4. The van der Waals surface area contributed by atoms with E-state index in [2.05, 4.69) is 0 Å². The van der Waals surface area contributed by atoms with Gasteiger partial charge in [0.1, 0.15) is 0 Å². The average molecular weight is 684 g/mol. The van der Waals surface area contributed by atoms with Crippen LogP contribution in [0.15, 0.2) is 78.9 Å². The van der Waals surface area contributed by atoms with Crippen LogP contribution in [0, 0.1) is 5.92 Å². The molecule has 10 heteroatoms. The van der Waals surface area contributed by atoms with Crippen molar-refractivity contribution in [3.8, 4) is 0 Å². The van der Waals surface area contributed by atoms with Gasteiger partial charge in [-0.05, 0) is 55.3 Å². The van der Waals surface area contributed by atoms with Crippen LogP contribution >= 0.6 is 0 Å². The SMILES string of the molecule is C[C@H]1[C@H]([Si](C)(C)O)[C@@H](CC(=O)N(CCO)Cc2ccccc2)O[C@]12C(=O)N(Cc1ccc(N3CCCCCCC3=O)cc1)c1ccccc12. The highest BCUT2D eigenvalue weighted by Gasteiger charge is 2.66. The highest BCUT2D eigenvalue weighted by molar-refractivity contribution is 6.71. The molecule has 2 saturated heterocycles. The van der Waals surface area contributed by atoms with Gasteiger partial charge >= 0.3 is 0 Å². The number of anilines is 2. The third-order valence-electron chi connectivity index (χ3n) is 10.6. The molecule has 0 saturated carbocycles. The van der Waals surface area contributed by atoms with Crippen molar-refractivity contribution in [2.24, 2.45) is 5.92 Å². The molecule has 4 atom stereocenters. The summed E-state index contributed by atoms with van der Waals surface area (Å²) in [7, 11) is -2.97. The van der Waals surface area contributed by atoms with Crippen LogP contribution in [0.5, 0.6) is 0 Å². The van der Waals surface area contributed by atoms with Gasteiger partial charge in [0.05, 0.1) is 31.4 Å². The molecule has 2 fully saturated rings. The van der Waals surface area contributed by atoms with Crippen molar-refractivity contribution in [2.75, 3.05) is 29.5 Å². The molecule has 0 radical (unpaired) electrons. The Morgan fingerprint density at radius 3 is 2.35 bits per heavy atom. The fourth-order valence-electron chi connectivity index (χ4n) is 8.30. The number of nitrogens with zero attached hydrogens (tertiary/aromatic N) is 3. The van der Waals surface area contributed by atoms with Crippen LogP contribution in [-0.2, 0) is 37.8 Å². The van der Waals surface area contributed by atoms with E-state index in [1.54, 1.807) is 9.80 Å². The van der Waals surface area contributed by atoms with Crippen molar-refractivity contribution in [1.82, 2.24) is 4.90 Å². The second kappa shape index (κ2) is 14.6. The number of rotatable bonds is 10. The molecule has 3 aromatic rings. The minimum atomic E-state index is -2.97. The number of fused-ring (bicyclic) bond motifs is 2. The number of para-hydroxylation sites is 1. The number of ether oxygens (including phenoxy) is 1. The molecule has 0 bridgehead atoms. The zero-order chi connectivity index (χ0) is 34.8. The molecule has 3 aliphatic rings. The second-order valence-corrected chi connectivity index (χ2v) is 18.3. The predicted molar refractivity (Wildman–Crippen MR) is 192 cm³/mol. The first kappa shape index (κ1) is 35.0. The zero-order valence-corrected chi connectivity index (χ0v) is 29.9. The molecule has 0 aromatic heterocycles. The number of hydrogen-bond acceptors (Lipinski definition) is 6. The monoisotopic (exact) mass is 683 g/mol. The normalized spacial score (nSPS) is 24.2. The van der Waals surface area contributed by atoms with E-state index >= 15 is 0 Å². The van der Waals surface area contributed by atoms with Crippen molar-refractivity contribution < 1.29 is 29.0 Å². The van der Waals surface area contributed by atoms with Crippen molar-refractivity contribution in [1.29, 1.82) is 0 Å². The molecule has 1 spiro atoms. The molecule has 49 heavy (non-hydrogen) atoms. The van der Waals surface area contributed by atoms with Gasteiger partial charge in [-0.2, -0.15) is 0 Å². The van der Waals surface area contributed by atoms with Crippen LogP contribution in [0.3, 0.4) is 0 Å². The molecular formula is C39H49N3O6Si.